The number of likely N-dealkylation sites (N-methyl/N-ethyl adjacent to an activating group) is 1. The fourth-order valence-corrected chi connectivity index (χ4v) is 3.32. The zero-order valence-electron chi connectivity index (χ0n) is 17.0. The van der Waals surface area contributed by atoms with Crippen molar-refractivity contribution in [3.8, 4) is 0 Å². The number of hydrogen-bond acceptors (Lipinski definition) is 4. The van der Waals surface area contributed by atoms with Crippen molar-refractivity contribution >= 4 is 29.0 Å². The van der Waals surface area contributed by atoms with Gasteiger partial charge in [-0.05, 0) is 50.3 Å². The summed E-state index contributed by atoms with van der Waals surface area (Å²) in [5.41, 5.74) is 1.40. The van der Waals surface area contributed by atoms with Crippen LogP contribution in [0.15, 0.2) is 24.3 Å². The number of carbonyl (C=O) groups excluding carboxylic acids is 1. The van der Waals surface area contributed by atoms with Gasteiger partial charge in [0.15, 0.2) is 5.11 Å². The van der Waals surface area contributed by atoms with Crippen molar-refractivity contribution in [1.29, 1.82) is 0 Å². The van der Waals surface area contributed by atoms with Gasteiger partial charge in [-0.3, -0.25) is 0 Å². The Balaban J connectivity index is 1.67. The van der Waals surface area contributed by atoms with Gasteiger partial charge >= 0.3 is 5.97 Å². The van der Waals surface area contributed by atoms with Crippen LogP contribution in [0.3, 0.4) is 0 Å². The molecule has 7 nitrogen and oxygen atoms in total. The molecule has 1 aliphatic heterocycles. The highest BCUT2D eigenvalue weighted by atomic mass is 32.1. The maximum Gasteiger partial charge on any atom is 0.338 e. The molecule has 0 saturated carbocycles. The SMILES string of the molecule is CC[NH+](CC)CCOC(=O)c1ccc(NC(=S)NCC[NH+]2CCOCC2)cc1. The van der Waals surface area contributed by atoms with Gasteiger partial charge in [-0.1, -0.05) is 0 Å². The number of ether oxygens (including phenoxy) is 2. The highest BCUT2D eigenvalue weighted by Gasteiger charge is 2.13. The van der Waals surface area contributed by atoms with E-state index in [1.165, 1.54) is 9.80 Å². The van der Waals surface area contributed by atoms with Gasteiger partial charge in [0.2, 0.25) is 0 Å². The second kappa shape index (κ2) is 12.7. The lowest BCUT2D eigenvalue weighted by atomic mass is 10.2. The summed E-state index contributed by atoms with van der Waals surface area (Å²) < 4.78 is 10.7. The molecular formula is C20H34N4O3S+2. The number of thiocarbonyl (C=S) groups is 1. The number of anilines is 1. The van der Waals surface area contributed by atoms with Crippen molar-refractivity contribution in [2.24, 2.45) is 0 Å². The Hall–Kier alpha value is -1.74. The molecule has 0 atom stereocenters. The summed E-state index contributed by atoms with van der Waals surface area (Å²) in [6.45, 7) is 13.2. The minimum Gasteiger partial charge on any atom is -0.456 e. The quantitative estimate of drug-likeness (QED) is 0.292. The smallest absolute Gasteiger partial charge is 0.338 e. The Kier molecular flexibility index (Phi) is 10.2. The third-order valence-electron chi connectivity index (χ3n) is 5.03. The lowest BCUT2D eigenvalue weighted by molar-refractivity contribution is -0.906. The van der Waals surface area contributed by atoms with Gasteiger partial charge in [0.1, 0.15) is 26.2 Å². The lowest BCUT2D eigenvalue weighted by Gasteiger charge is -2.24. The molecule has 0 radical (unpaired) electrons. The molecule has 1 heterocycles. The number of morpholine rings is 1. The van der Waals surface area contributed by atoms with Crippen LogP contribution in [0.2, 0.25) is 0 Å². The van der Waals surface area contributed by atoms with E-state index < -0.39 is 0 Å². The molecule has 1 fully saturated rings. The summed E-state index contributed by atoms with van der Waals surface area (Å²) in [4.78, 5) is 15.1. The van der Waals surface area contributed by atoms with Gasteiger partial charge in [0, 0.05) is 5.69 Å². The predicted molar refractivity (Wildman–Crippen MR) is 114 cm³/mol. The van der Waals surface area contributed by atoms with E-state index in [9.17, 15) is 4.79 Å². The van der Waals surface area contributed by atoms with Crippen molar-refractivity contribution in [3.05, 3.63) is 29.8 Å². The first-order valence-electron chi connectivity index (χ1n) is 10.2. The average molecular weight is 411 g/mol. The number of hydrogen-bond donors (Lipinski definition) is 4. The molecule has 2 rings (SSSR count). The standard InChI is InChI=1S/C20H32N4O3S/c1-3-23(4-2)13-16-27-19(25)17-5-7-18(8-6-17)22-20(28)21-9-10-24-11-14-26-15-12-24/h5-8H,3-4,9-16H2,1-2H3,(H2,21,22,28)/p+2. The van der Waals surface area contributed by atoms with Crippen molar-refractivity contribution in [3.63, 3.8) is 0 Å². The van der Waals surface area contributed by atoms with Crippen LogP contribution in [0.4, 0.5) is 5.69 Å². The summed E-state index contributed by atoms with van der Waals surface area (Å²) >= 11 is 5.34. The number of benzene rings is 1. The second-order valence-corrected chi connectivity index (χ2v) is 7.32. The highest BCUT2D eigenvalue weighted by molar-refractivity contribution is 7.80. The maximum atomic E-state index is 12.1. The van der Waals surface area contributed by atoms with E-state index in [2.05, 4.69) is 24.5 Å². The Morgan fingerprint density at radius 2 is 1.89 bits per heavy atom. The number of rotatable bonds is 10. The minimum absolute atomic E-state index is 0.285. The number of esters is 1. The molecular weight excluding hydrogens is 376 g/mol. The normalized spacial score (nSPS) is 14.7. The zero-order valence-corrected chi connectivity index (χ0v) is 17.8. The molecule has 28 heavy (non-hydrogen) atoms. The van der Waals surface area contributed by atoms with Crippen molar-refractivity contribution in [2.75, 3.05) is 71.0 Å². The van der Waals surface area contributed by atoms with Crippen LogP contribution >= 0.6 is 12.2 Å². The van der Waals surface area contributed by atoms with E-state index in [4.69, 9.17) is 21.7 Å². The summed E-state index contributed by atoms with van der Waals surface area (Å²) in [6, 6.07) is 7.20. The fourth-order valence-electron chi connectivity index (χ4n) is 3.10. The number of quaternary nitrogens is 2. The van der Waals surface area contributed by atoms with E-state index in [-0.39, 0.29) is 5.97 Å². The second-order valence-electron chi connectivity index (χ2n) is 6.91. The summed E-state index contributed by atoms with van der Waals surface area (Å²) in [5.74, 6) is -0.285. The zero-order chi connectivity index (χ0) is 20.2. The third kappa shape index (κ3) is 8.10. The molecule has 0 amide bonds. The van der Waals surface area contributed by atoms with Gasteiger partial charge in [-0.15, -0.1) is 0 Å². The number of nitrogens with one attached hydrogen (secondary N) is 4. The molecule has 1 aromatic carbocycles. The van der Waals surface area contributed by atoms with Crippen LogP contribution in [0, 0.1) is 0 Å². The van der Waals surface area contributed by atoms with Gasteiger partial charge in [-0.25, -0.2) is 4.79 Å². The molecule has 156 valence electrons. The Morgan fingerprint density at radius 1 is 1.21 bits per heavy atom. The summed E-state index contributed by atoms with van der Waals surface area (Å²) in [7, 11) is 0. The van der Waals surface area contributed by atoms with Crippen LogP contribution in [-0.4, -0.2) is 76.7 Å². The number of carbonyl (C=O) groups is 1. The largest absolute Gasteiger partial charge is 0.456 e. The van der Waals surface area contributed by atoms with Crippen LogP contribution in [-0.2, 0) is 9.47 Å². The highest BCUT2D eigenvalue weighted by Crippen LogP contribution is 2.10. The first-order valence-corrected chi connectivity index (χ1v) is 10.6. The van der Waals surface area contributed by atoms with E-state index in [0.29, 0.717) is 17.3 Å². The van der Waals surface area contributed by atoms with Crippen LogP contribution in [0.5, 0.6) is 0 Å². The van der Waals surface area contributed by atoms with Crippen molar-refractivity contribution < 1.29 is 24.1 Å². The molecule has 1 saturated heterocycles. The maximum absolute atomic E-state index is 12.1. The fraction of sp³-hybridized carbons (Fsp3) is 0.600. The molecule has 0 aromatic heterocycles. The van der Waals surface area contributed by atoms with Gasteiger partial charge in [0.05, 0.1) is 45.0 Å². The molecule has 4 N–H and O–H groups in total. The van der Waals surface area contributed by atoms with Gasteiger partial charge < -0.3 is 29.9 Å². The molecule has 0 bridgehead atoms. The van der Waals surface area contributed by atoms with Gasteiger partial charge in [0.25, 0.3) is 0 Å². The molecule has 0 spiro atoms. The van der Waals surface area contributed by atoms with Crippen molar-refractivity contribution in [1.82, 2.24) is 5.32 Å². The third-order valence-corrected chi connectivity index (χ3v) is 5.28. The minimum atomic E-state index is -0.285. The Morgan fingerprint density at radius 3 is 2.54 bits per heavy atom. The molecule has 1 aromatic rings. The van der Waals surface area contributed by atoms with Gasteiger partial charge in [-0.2, -0.15) is 0 Å². The molecule has 8 heteroatoms. The summed E-state index contributed by atoms with van der Waals surface area (Å²) in [6.07, 6.45) is 0. The van der Waals surface area contributed by atoms with Crippen LogP contribution in [0.25, 0.3) is 0 Å². The topological polar surface area (TPSA) is 68.5 Å². The first kappa shape index (κ1) is 22.5. The van der Waals surface area contributed by atoms with E-state index >= 15 is 0 Å². The Labute approximate surface area is 173 Å². The lowest BCUT2D eigenvalue weighted by Crippen LogP contribution is -3.14. The van der Waals surface area contributed by atoms with Crippen molar-refractivity contribution in [2.45, 2.75) is 13.8 Å². The van der Waals surface area contributed by atoms with Crippen LogP contribution < -0.4 is 20.4 Å². The predicted octanol–water partition coefficient (Wildman–Crippen LogP) is -1.03. The Bertz CT molecular complexity index is 602. The van der Waals surface area contributed by atoms with Crippen LogP contribution in [0.1, 0.15) is 24.2 Å². The molecule has 0 aliphatic carbocycles. The van der Waals surface area contributed by atoms with E-state index in [0.717, 1.165) is 64.7 Å². The van der Waals surface area contributed by atoms with E-state index in [1.54, 1.807) is 12.1 Å². The monoisotopic (exact) mass is 410 g/mol. The molecule has 1 aliphatic rings. The molecule has 0 unspecified atom stereocenters. The first-order chi connectivity index (χ1) is 13.6. The summed E-state index contributed by atoms with van der Waals surface area (Å²) in [5, 5.41) is 6.97. The average Bonchev–Trinajstić information content (AvgIpc) is 2.72. The van der Waals surface area contributed by atoms with E-state index in [1.807, 2.05) is 12.1 Å².